The second-order valence-electron chi connectivity index (χ2n) is 7.63. The minimum absolute atomic E-state index is 0.0758. The van der Waals surface area contributed by atoms with Crippen LogP contribution in [0, 0.1) is 11.3 Å². The number of hydrogen-bond donors (Lipinski definition) is 1. The Hall–Kier alpha value is -1.88. The first kappa shape index (κ1) is 17.9. The summed E-state index contributed by atoms with van der Waals surface area (Å²) in [4.78, 5) is 27.5. The number of amides is 2. The van der Waals surface area contributed by atoms with Gasteiger partial charge in [-0.25, -0.2) is 0 Å². The van der Waals surface area contributed by atoms with Crippen molar-refractivity contribution in [3.8, 4) is 0 Å². The van der Waals surface area contributed by atoms with Crippen molar-refractivity contribution in [2.24, 2.45) is 11.3 Å². The lowest BCUT2D eigenvalue weighted by Gasteiger charge is -2.37. The molecule has 2 fully saturated rings. The molecule has 0 aliphatic carbocycles. The fraction of sp³-hybridized carbons (Fsp3) is 0.600. The summed E-state index contributed by atoms with van der Waals surface area (Å²) in [7, 11) is 0. The average Bonchev–Trinajstić information content (AvgIpc) is 2.95. The van der Waals surface area contributed by atoms with Gasteiger partial charge in [0.2, 0.25) is 11.8 Å². The van der Waals surface area contributed by atoms with E-state index in [9.17, 15) is 9.59 Å². The molecule has 5 nitrogen and oxygen atoms in total. The highest BCUT2D eigenvalue weighted by molar-refractivity contribution is 5.84. The van der Waals surface area contributed by atoms with E-state index >= 15 is 0 Å². The maximum atomic E-state index is 12.8. The second-order valence-corrected chi connectivity index (χ2v) is 7.63. The molecule has 0 radical (unpaired) electrons. The van der Waals surface area contributed by atoms with Gasteiger partial charge in [-0.15, -0.1) is 0 Å². The topological polar surface area (TPSA) is 58.6 Å². The molecule has 2 saturated heterocycles. The zero-order valence-corrected chi connectivity index (χ0v) is 15.2. The smallest absolute Gasteiger partial charge is 0.227 e. The molecule has 1 aromatic carbocycles. The average molecular weight is 344 g/mol. The van der Waals surface area contributed by atoms with E-state index in [1.807, 2.05) is 49.1 Å². The van der Waals surface area contributed by atoms with Crippen molar-refractivity contribution in [2.45, 2.75) is 39.2 Å². The first-order chi connectivity index (χ1) is 12.0. The summed E-state index contributed by atoms with van der Waals surface area (Å²) < 4.78 is 5.52. The summed E-state index contributed by atoms with van der Waals surface area (Å²) in [6.07, 6.45) is 2.09. The van der Waals surface area contributed by atoms with Gasteiger partial charge in [0.1, 0.15) is 0 Å². The van der Waals surface area contributed by atoms with E-state index in [1.54, 1.807) is 0 Å². The second kappa shape index (κ2) is 7.56. The lowest BCUT2D eigenvalue weighted by molar-refractivity contribution is -0.130. The van der Waals surface area contributed by atoms with Gasteiger partial charge < -0.3 is 15.0 Å². The normalized spacial score (nSPS) is 22.4. The Balaban J connectivity index is 1.74. The number of rotatable bonds is 4. The van der Waals surface area contributed by atoms with Gasteiger partial charge in [0.05, 0.1) is 12.3 Å². The molecule has 0 unspecified atom stereocenters. The number of benzene rings is 1. The van der Waals surface area contributed by atoms with Crippen LogP contribution in [0.15, 0.2) is 30.3 Å². The summed E-state index contributed by atoms with van der Waals surface area (Å²) in [5.41, 5.74) is 0.882. The predicted octanol–water partition coefficient (Wildman–Crippen LogP) is 2.01. The van der Waals surface area contributed by atoms with Crippen LogP contribution in [-0.4, -0.2) is 49.1 Å². The third kappa shape index (κ3) is 4.03. The van der Waals surface area contributed by atoms with Crippen molar-refractivity contribution >= 4 is 11.8 Å². The standard InChI is InChI=1S/C20H28N2O3/c1-15(2)21-19(24)17-13-22(14-20(17)8-10-25-11-9-20)18(23)12-16-6-4-3-5-7-16/h3-7,15,17H,8-14H2,1-2H3,(H,21,24)/t17-/m0/s1. The molecular formula is C20H28N2O3. The molecule has 1 atom stereocenters. The third-order valence-corrected chi connectivity index (χ3v) is 5.43. The van der Waals surface area contributed by atoms with Crippen LogP contribution in [0.2, 0.25) is 0 Å². The van der Waals surface area contributed by atoms with Crippen LogP contribution >= 0.6 is 0 Å². The van der Waals surface area contributed by atoms with Crippen molar-refractivity contribution in [3.05, 3.63) is 35.9 Å². The van der Waals surface area contributed by atoms with Crippen LogP contribution in [-0.2, 0) is 20.7 Å². The van der Waals surface area contributed by atoms with Crippen molar-refractivity contribution in [2.75, 3.05) is 26.3 Å². The molecular weight excluding hydrogens is 316 g/mol. The van der Waals surface area contributed by atoms with E-state index in [0.29, 0.717) is 32.7 Å². The van der Waals surface area contributed by atoms with Gasteiger partial charge in [-0.3, -0.25) is 9.59 Å². The molecule has 0 aromatic heterocycles. The molecule has 2 aliphatic rings. The Morgan fingerprint density at radius 1 is 1.24 bits per heavy atom. The summed E-state index contributed by atoms with van der Waals surface area (Å²) in [5, 5.41) is 3.05. The molecule has 1 N–H and O–H groups in total. The quantitative estimate of drug-likeness (QED) is 0.909. The summed E-state index contributed by atoms with van der Waals surface area (Å²) >= 11 is 0. The minimum Gasteiger partial charge on any atom is -0.381 e. The number of nitrogens with one attached hydrogen (secondary N) is 1. The Labute approximate surface area is 149 Å². The summed E-state index contributed by atoms with van der Waals surface area (Å²) in [6.45, 7) is 6.48. The fourth-order valence-electron chi connectivity index (χ4n) is 4.07. The zero-order chi connectivity index (χ0) is 17.9. The third-order valence-electron chi connectivity index (χ3n) is 5.43. The van der Waals surface area contributed by atoms with E-state index in [0.717, 1.165) is 18.4 Å². The van der Waals surface area contributed by atoms with Gasteiger partial charge in [0.15, 0.2) is 0 Å². The Morgan fingerprint density at radius 2 is 1.92 bits per heavy atom. The van der Waals surface area contributed by atoms with Gasteiger partial charge in [-0.05, 0) is 32.3 Å². The van der Waals surface area contributed by atoms with Gasteiger partial charge in [-0.2, -0.15) is 0 Å². The van der Waals surface area contributed by atoms with E-state index < -0.39 is 0 Å². The van der Waals surface area contributed by atoms with Crippen molar-refractivity contribution in [1.29, 1.82) is 0 Å². The lowest BCUT2D eigenvalue weighted by atomic mass is 9.71. The molecule has 0 bridgehead atoms. The Kier molecular flexibility index (Phi) is 5.42. The number of ether oxygens (including phenoxy) is 1. The molecule has 0 saturated carbocycles. The molecule has 2 aliphatic heterocycles. The lowest BCUT2D eigenvalue weighted by Crippen LogP contribution is -2.46. The van der Waals surface area contributed by atoms with E-state index in [2.05, 4.69) is 5.32 Å². The van der Waals surface area contributed by atoms with Gasteiger partial charge in [-0.1, -0.05) is 30.3 Å². The van der Waals surface area contributed by atoms with Crippen LogP contribution in [0.5, 0.6) is 0 Å². The molecule has 3 rings (SSSR count). The monoisotopic (exact) mass is 344 g/mol. The first-order valence-corrected chi connectivity index (χ1v) is 9.20. The fourth-order valence-corrected chi connectivity index (χ4v) is 4.07. The highest BCUT2D eigenvalue weighted by Gasteiger charge is 2.51. The number of hydrogen-bond acceptors (Lipinski definition) is 3. The summed E-state index contributed by atoms with van der Waals surface area (Å²) in [5.74, 6) is 0.0438. The van der Waals surface area contributed by atoms with Crippen molar-refractivity contribution in [3.63, 3.8) is 0 Å². The van der Waals surface area contributed by atoms with Gasteiger partial charge in [0.25, 0.3) is 0 Å². The van der Waals surface area contributed by atoms with Crippen LogP contribution < -0.4 is 5.32 Å². The van der Waals surface area contributed by atoms with E-state index in [-0.39, 0.29) is 29.2 Å². The molecule has 1 aromatic rings. The maximum Gasteiger partial charge on any atom is 0.227 e. The van der Waals surface area contributed by atoms with Crippen LogP contribution in [0.25, 0.3) is 0 Å². The minimum atomic E-state index is -0.140. The van der Waals surface area contributed by atoms with Crippen molar-refractivity contribution in [1.82, 2.24) is 10.2 Å². The SMILES string of the molecule is CC(C)NC(=O)[C@@H]1CN(C(=O)Cc2ccccc2)CC12CCOCC2. The molecule has 1 spiro atoms. The van der Waals surface area contributed by atoms with Crippen LogP contribution in [0.4, 0.5) is 0 Å². The zero-order valence-electron chi connectivity index (χ0n) is 15.2. The van der Waals surface area contributed by atoms with Gasteiger partial charge >= 0.3 is 0 Å². The van der Waals surface area contributed by atoms with Crippen LogP contribution in [0.3, 0.4) is 0 Å². The Morgan fingerprint density at radius 3 is 2.56 bits per heavy atom. The molecule has 25 heavy (non-hydrogen) atoms. The number of carbonyl (C=O) groups is 2. The van der Waals surface area contributed by atoms with Crippen LogP contribution in [0.1, 0.15) is 32.3 Å². The molecule has 2 amide bonds. The highest BCUT2D eigenvalue weighted by atomic mass is 16.5. The summed E-state index contributed by atoms with van der Waals surface area (Å²) in [6, 6.07) is 9.91. The molecule has 136 valence electrons. The van der Waals surface area contributed by atoms with Crippen molar-refractivity contribution < 1.29 is 14.3 Å². The predicted molar refractivity (Wildman–Crippen MR) is 96.0 cm³/mol. The largest absolute Gasteiger partial charge is 0.381 e. The molecule has 5 heteroatoms. The number of likely N-dealkylation sites (tertiary alicyclic amines) is 1. The number of carbonyl (C=O) groups excluding carboxylic acids is 2. The highest BCUT2D eigenvalue weighted by Crippen LogP contribution is 2.44. The van der Waals surface area contributed by atoms with Gasteiger partial charge in [0, 0.05) is 37.8 Å². The van der Waals surface area contributed by atoms with E-state index in [1.165, 1.54) is 0 Å². The number of nitrogens with zero attached hydrogens (tertiary/aromatic N) is 1. The molecule has 2 heterocycles. The Bertz CT molecular complexity index is 609. The first-order valence-electron chi connectivity index (χ1n) is 9.20. The van der Waals surface area contributed by atoms with E-state index in [4.69, 9.17) is 4.74 Å². The maximum absolute atomic E-state index is 12.8.